The average molecular weight is 374 g/mol. The molecule has 9 heteroatoms. The molecule has 0 saturated carbocycles. The van der Waals surface area contributed by atoms with Crippen molar-refractivity contribution in [3.8, 4) is 0 Å². The second-order valence-corrected chi connectivity index (χ2v) is 8.64. The van der Waals surface area contributed by atoms with Crippen molar-refractivity contribution in [3.05, 3.63) is 58.2 Å². The molecule has 0 bridgehead atoms. The first kappa shape index (κ1) is 16.0. The summed E-state index contributed by atoms with van der Waals surface area (Å²) in [5, 5.41) is 0.778. The van der Waals surface area contributed by atoms with E-state index in [9.17, 15) is 21.2 Å². The molecule has 0 fully saturated rings. The first-order valence-corrected chi connectivity index (χ1v) is 9.65. The molecule has 0 radical (unpaired) electrons. The molecule has 1 aliphatic rings. The summed E-state index contributed by atoms with van der Waals surface area (Å²) in [6.45, 7) is 0. The molecule has 0 aromatic heterocycles. The van der Waals surface area contributed by atoms with Gasteiger partial charge < -0.3 is 0 Å². The van der Waals surface area contributed by atoms with Crippen molar-refractivity contribution in [2.75, 3.05) is 4.72 Å². The number of anilines is 1. The highest BCUT2D eigenvalue weighted by molar-refractivity contribution is 7.95. The average Bonchev–Trinajstić information content (AvgIpc) is 2.73. The van der Waals surface area contributed by atoms with E-state index in [1.165, 1.54) is 24.3 Å². The maximum Gasteiger partial charge on any atom is 0.263 e. The third-order valence-corrected chi connectivity index (χ3v) is 6.51. The Morgan fingerprint density at radius 1 is 1.09 bits per heavy atom. The fourth-order valence-electron chi connectivity index (χ4n) is 2.12. The van der Waals surface area contributed by atoms with Crippen LogP contribution in [0.25, 0.3) is 6.08 Å². The summed E-state index contributed by atoms with van der Waals surface area (Å²) in [5.74, 6) is -0.663. The van der Waals surface area contributed by atoms with Crippen LogP contribution in [0.5, 0.6) is 0 Å². The molecule has 0 spiro atoms. The summed E-state index contributed by atoms with van der Waals surface area (Å²) in [6, 6.07) is 7.02. The molecular formula is C14H9ClFNO4S2. The van der Waals surface area contributed by atoms with Gasteiger partial charge in [0, 0.05) is 5.41 Å². The number of hydrogen-bond acceptors (Lipinski definition) is 4. The zero-order valence-electron chi connectivity index (χ0n) is 11.3. The first-order valence-electron chi connectivity index (χ1n) is 6.24. The van der Waals surface area contributed by atoms with Gasteiger partial charge in [-0.25, -0.2) is 21.2 Å². The number of sulfonamides is 1. The summed E-state index contributed by atoms with van der Waals surface area (Å²) in [6.07, 6.45) is 1.43. The minimum absolute atomic E-state index is 0.0166. The van der Waals surface area contributed by atoms with Gasteiger partial charge in [0.15, 0.2) is 0 Å². The zero-order valence-corrected chi connectivity index (χ0v) is 13.7. The third-order valence-electron chi connectivity index (χ3n) is 3.18. The maximum absolute atomic E-state index is 13.0. The van der Waals surface area contributed by atoms with Crippen LogP contribution in [0.2, 0.25) is 5.02 Å². The summed E-state index contributed by atoms with van der Waals surface area (Å²) in [4.78, 5) is -0.287. The van der Waals surface area contributed by atoms with E-state index in [4.69, 9.17) is 11.6 Å². The minimum Gasteiger partial charge on any atom is -0.280 e. The Bertz CT molecular complexity index is 1050. The summed E-state index contributed by atoms with van der Waals surface area (Å²) in [7, 11) is -7.63. The second-order valence-electron chi connectivity index (χ2n) is 4.78. The second kappa shape index (κ2) is 5.33. The molecular weight excluding hydrogens is 365 g/mol. The lowest BCUT2D eigenvalue weighted by Crippen LogP contribution is -2.14. The number of benzene rings is 2. The quantitative estimate of drug-likeness (QED) is 0.896. The van der Waals surface area contributed by atoms with Gasteiger partial charge in [-0.1, -0.05) is 17.7 Å². The topological polar surface area (TPSA) is 80.3 Å². The van der Waals surface area contributed by atoms with E-state index in [2.05, 4.69) is 4.72 Å². The van der Waals surface area contributed by atoms with Crippen molar-refractivity contribution in [2.24, 2.45) is 0 Å². The molecule has 0 unspecified atom stereocenters. The van der Waals surface area contributed by atoms with Gasteiger partial charge in [-0.2, -0.15) is 0 Å². The molecule has 1 aliphatic heterocycles. The Kier molecular flexibility index (Phi) is 3.70. The zero-order chi connectivity index (χ0) is 16.8. The van der Waals surface area contributed by atoms with E-state index in [0.29, 0.717) is 5.56 Å². The van der Waals surface area contributed by atoms with Crippen LogP contribution >= 0.6 is 11.6 Å². The molecule has 120 valence electrons. The van der Waals surface area contributed by atoms with Crippen LogP contribution < -0.4 is 4.72 Å². The van der Waals surface area contributed by atoms with Gasteiger partial charge in [0.1, 0.15) is 10.7 Å². The van der Waals surface area contributed by atoms with Crippen LogP contribution in [0.15, 0.2) is 51.6 Å². The van der Waals surface area contributed by atoms with Gasteiger partial charge in [-0.3, -0.25) is 4.72 Å². The first-order chi connectivity index (χ1) is 10.7. The van der Waals surface area contributed by atoms with Crippen molar-refractivity contribution in [2.45, 2.75) is 9.79 Å². The van der Waals surface area contributed by atoms with Crippen molar-refractivity contribution in [3.63, 3.8) is 0 Å². The lowest BCUT2D eigenvalue weighted by molar-refractivity contribution is 0.598. The van der Waals surface area contributed by atoms with Gasteiger partial charge in [-0.15, -0.1) is 0 Å². The van der Waals surface area contributed by atoms with Gasteiger partial charge in [0.2, 0.25) is 9.84 Å². The van der Waals surface area contributed by atoms with E-state index >= 15 is 0 Å². The highest BCUT2D eigenvalue weighted by atomic mass is 35.5. The standard InChI is InChI=1S/C14H9ClFNO4S2/c15-12-7-10(16)2-4-13(12)23(20,21)17-11-3-1-9-5-6-22(18,19)14(9)8-11/h1-8,17H. The van der Waals surface area contributed by atoms with Crippen LogP contribution in [0.4, 0.5) is 10.1 Å². The molecule has 0 atom stereocenters. The van der Waals surface area contributed by atoms with Crippen molar-refractivity contribution in [1.82, 2.24) is 0 Å². The summed E-state index contributed by atoms with van der Waals surface area (Å²) < 4.78 is 63.5. The Balaban J connectivity index is 1.99. The van der Waals surface area contributed by atoms with Gasteiger partial charge in [0.05, 0.1) is 15.6 Å². The van der Waals surface area contributed by atoms with E-state index in [1.807, 2.05) is 0 Å². The largest absolute Gasteiger partial charge is 0.280 e. The fourth-order valence-corrected chi connectivity index (χ4v) is 4.93. The fraction of sp³-hybridized carbons (Fsp3) is 0. The van der Waals surface area contributed by atoms with Gasteiger partial charge in [-0.05, 0) is 42.0 Å². The highest BCUT2D eigenvalue weighted by Crippen LogP contribution is 2.31. The number of nitrogens with one attached hydrogen (secondary N) is 1. The smallest absolute Gasteiger partial charge is 0.263 e. The van der Waals surface area contributed by atoms with Crippen LogP contribution in [-0.2, 0) is 19.9 Å². The van der Waals surface area contributed by atoms with E-state index < -0.39 is 25.7 Å². The number of halogens is 2. The predicted octanol–water partition coefficient (Wildman–Crippen LogP) is 3.04. The van der Waals surface area contributed by atoms with Crippen molar-refractivity contribution in [1.29, 1.82) is 0 Å². The Morgan fingerprint density at radius 2 is 1.83 bits per heavy atom. The number of hydrogen-bond donors (Lipinski definition) is 1. The molecule has 0 saturated heterocycles. The molecule has 3 rings (SSSR count). The Morgan fingerprint density at radius 3 is 2.52 bits per heavy atom. The third kappa shape index (κ3) is 2.97. The molecule has 23 heavy (non-hydrogen) atoms. The molecule has 0 aliphatic carbocycles. The maximum atomic E-state index is 13.0. The van der Waals surface area contributed by atoms with E-state index in [0.717, 1.165) is 23.6 Å². The molecule has 1 N–H and O–H groups in total. The summed E-state index contributed by atoms with van der Waals surface area (Å²) >= 11 is 5.75. The van der Waals surface area contributed by atoms with Gasteiger partial charge in [0.25, 0.3) is 10.0 Å². The van der Waals surface area contributed by atoms with E-state index in [-0.39, 0.29) is 20.5 Å². The van der Waals surface area contributed by atoms with Gasteiger partial charge >= 0.3 is 0 Å². The van der Waals surface area contributed by atoms with E-state index in [1.54, 1.807) is 0 Å². The van der Waals surface area contributed by atoms with Crippen LogP contribution in [-0.4, -0.2) is 16.8 Å². The number of fused-ring (bicyclic) bond motifs is 1. The normalized spacial score (nSPS) is 15.4. The molecule has 5 nitrogen and oxygen atoms in total. The minimum atomic E-state index is -4.08. The highest BCUT2D eigenvalue weighted by Gasteiger charge is 2.23. The summed E-state index contributed by atoms with van der Waals surface area (Å²) in [5.41, 5.74) is 0.546. The lowest BCUT2D eigenvalue weighted by atomic mass is 10.2. The van der Waals surface area contributed by atoms with Crippen molar-refractivity contribution < 1.29 is 21.2 Å². The van der Waals surface area contributed by atoms with Crippen molar-refractivity contribution >= 4 is 43.2 Å². The number of sulfone groups is 1. The van der Waals surface area contributed by atoms with Crippen LogP contribution in [0.1, 0.15) is 5.56 Å². The molecule has 2 aromatic rings. The number of rotatable bonds is 3. The SMILES string of the molecule is O=S1(=O)C=Cc2ccc(NS(=O)(=O)c3ccc(F)cc3Cl)cc21. The van der Waals surface area contributed by atoms with Crippen LogP contribution in [0, 0.1) is 5.82 Å². The monoisotopic (exact) mass is 373 g/mol. The molecule has 1 heterocycles. The predicted molar refractivity (Wildman–Crippen MR) is 84.9 cm³/mol. The lowest BCUT2D eigenvalue weighted by Gasteiger charge is -2.10. The molecule has 2 aromatic carbocycles. The Labute approximate surface area is 137 Å². The molecule has 0 amide bonds. The Hall–Kier alpha value is -1.90. The van der Waals surface area contributed by atoms with Crippen LogP contribution in [0.3, 0.4) is 0 Å².